The highest BCUT2D eigenvalue weighted by atomic mass is 16.5. The molecule has 150 valence electrons. The summed E-state index contributed by atoms with van der Waals surface area (Å²) >= 11 is 0. The fourth-order valence-corrected chi connectivity index (χ4v) is 3.46. The molecule has 2 amide bonds. The third kappa shape index (κ3) is 3.89. The second-order valence-electron chi connectivity index (χ2n) is 6.96. The van der Waals surface area contributed by atoms with Crippen LogP contribution in [0.1, 0.15) is 50.8 Å². The molecule has 1 aliphatic heterocycles. The van der Waals surface area contributed by atoms with Gasteiger partial charge in [-0.2, -0.15) is 4.98 Å². The number of hydrogen-bond acceptors (Lipinski definition) is 7. The van der Waals surface area contributed by atoms with Crippen LogP contribution in [0.15, 0.2) is 45.4 Å². The molecule has 1 unspecified atom stereocenters. The fourth-order valence-electron chi connectivity index (χ4n) is 3.46. The molecule has 3 heterocycles. The molecular weight excluding hydrogens is 374 g/mol. The number of carbonyl (C=O) groups excluding carboxylic acids is 2. The Morgan fingerprint density at radius 1 is 1.00 bits per heavy atom. The predicted octanol–water partition coefficient (Wildman–Crippen LogP) is 2.40. The minimum atomic E-state index is -0.416. The fraction of sp³-hybridized carbons (Fsp3) is 0.350. The monoisotopic (exact) mass is 395 g/mol. The Bertz CT molecular complexity index is 1010. The van der Waals surface area contributed by atoms with Crippen LogP contribution in [0.5, 0.6) is 0 Å². The summed E-state index contributed by atoms with van der Waals surface area (Å²) in [6.45, 7) is 4.60. The van der Waals surface area contributed by atoms with Crippen LogP contribution < -0.4 is 0 Å². The molecule has 1 fully saturated rings. The Labute approximate surface area is 167 Å². The normalized spacial score (nSPS) is 17.2. The zero-order chi connectivity index (χ0) is 20.4. The molecule has 1 saturated heterocycles. The SMILES string of the molecule is Cc1noc(C2CCN(C(=O)c3cc(C)on3)CCN2C(=O)c2ccccc2)n1. The van der Waals surface area contributed by atoms with Crippen molar-refractivity contribution in [2.24, 2.45) is 0 Å². The first-order valence-corrected chi connectivity index (χ1v) is 9.42. The van der Waals surface area contributed by atoms with Crippen molar-refractivity contribution in [3.63, 3.8) is 0 Å². The van der Waals surface area contributed by atoms with Gasteiger partial charge in [-0.3, -0.25) is 9.59 Å². The lowest BCUT2D eigenvalue weighted by molar-refractivity contribution is 0.0641. The lowest BCUT2D eigenvalue weighted by atomic mass is 10.1. The summed E-state index contributed by atoms with van der Waals surface area (Å²) in [5.74, 6) is 1.08. The van der Waals surface area contributed by atoms with E-state index in [1.54, 1.807) is 41.8 Å². The Balaban J connectivity index is 1.61. The summed E-state index contributed by atoms with van der Waals surface area (Å²) in [6.07, 6.45) is 0.475. The summed E-state index contributed by atoms with van der Waals surface area (Å²) in [7, 11) is 0. The van der Waals surface area contributed by atoms with Gasteiger partial charge in [0, 0.05) is 31.3 Å². The third-order valence-electron chi connectivity index (χ3n) is 4.90. The molecule has 0 N–H and O–H groups in total. The highest BCUT2D eigenvalue weighted by Crippen LogP contribution is 2.28. The Hall–Kier alpha value is -3.49. The molecule has 1 aromatic carbocycles. The molecule has 2 aromatic heterocycles. The van der Waals surface area contributed by atoms with E-state index in [0.717, 1.165) is 0 Å². The highest BCUT2D eigenvalue weighted by Gasteiger charge is 2.34. The largest absolute Gasteiger partial charge is 0.361 e. The van der Waals surface area contributed by atoms with E-state index in [-0.39, 0.29) is 17.5 Å². The molecule has 3 aromatic rings. The third-order valence-corrected chi connectivity index (χ3v) is 4.90. The summed E-state index contributed by atoms with van der Waals surface area (Å²) in [4.78, 5) is 33.7. The quantitative estimate of drug-likeness (QED) is 0.670. The first-order valence-electron chi connectivity index (χ1n) is 9.42. The molecule has 0 saturated carbocycles. The number of nitrogens with zero attached hydrogens (tertiary/aromatic N) is 5. The van der Waals surface area contributed by atoms with Crippen molar-refractivity contribution in [3.8, 4) is 0 Å². The number of aromatic nitrogens is 3. The minimum absolute atomic E-state index is 0.141. The van der Waals surface area contributed by atoms with Crippen molar-refractivity contribution in [1.29, 1.82) is 0 Å². The maximum atomic E-state index is 13.2. The van der Waals surface area contributed by atoms with E-state index < -0.39 is 6.04 Å². The van der Waals surface area contributed by atoms with Crippen molar-refractivity contribution in [2.45, 2.75) is 26.3 Å². The van der Waals surface area contributed by atoms with Crippen LogP contribution in [0.25, 0.3) is 0 Å². The highest BCUT2D eigenvalue weighted by molar-refractivity contribution is 5.95. The van der Waals surface area contributed by atoms with Gasteiger partial charge in [0.05, 0.1) is 0 Å². The summed E-state index contributed by atoms with van der Waals surface area (Å²) in [5.41, 5.74) is 0.830. The molecule has 0 spiro atoms. The maximum absolute atomic E-state index is 13.2. The number of amides is 2. The van der Waals surface area contributed by atoms with Gasteiger partial charge in [-0.15, -0.1) is 0 Å². The zero-order valence-electron chi connectivity index (χ0n) is 16.2. The van der Waals surface area contributed by atoms with Gasteiger partial charge in [0.25, 0.3) is 11.8 Å². The molecule has 1 aliphatic rings. The van der Waals surface area contributed by atoms with E-state index >= 15 is 0 Å². The average Bonchev–Trinajstić information content (AvgIpc) is 3.29. The van der Waals surface area contributed by atoms with Crippen LogP contribution in [0.4, 0.5) is 0 Å². The van der Waals surface area contributed by atoms with Gasteiger partial charge >= 0.3 is 0 Å². The standard InChI is InChI=1S/C20H21N5O4/c1-13-12-16(23-28-13)20(27)24-9-8-17(18-21-14(2)22-29-18)25(11-10-24)19(26)15-6-4-3-5-7-15/h3-7,12,17H,8-11H2,1-2H3. The van der Waals surface area contributed by atoms with E-state index in [1.807, 2.05) is 18.2 Å². The molecule has 1 atom stereocenters. The van der Waals surface area contributed by atoms with Crippen LogP contribution in [0.2, 0.25) is 0 Å². The average molecular weight is 395 g/mol. The van der Waals surface area contributed by atoms with Crippen LogP contribution in [0.3, 0.4) is 0 Å². The van der Waals surface area contributed by atoms with Gasteiger partial charge in [0.2, 0.25) is 5.89 Å². The Morgan fingerprint density at radius 3 is 2.45 bits per heavy atom. The maximum Gasteiger partial charge on any atom is 0.276 e. The topological polar surface area (TPSA) is 106 Å². The minimum Gasteiger partial charge on any atom is -0.361 e. The smallest absolute Gasteiger partial charge is 0.276 e. The number of aryl methyl sites for hydroxylation is 2. The zero-order valence-corrected chi connectivity index (χ0v) is 16.2. The molecule has 4 rings (SSSR count). The molecule has 29 heavy (non-hydrogen) atoms. The first-order chi connectivity index (χ1) is 14.0. The second kappa shape index (κ2) is 7.86. The molecular formula is C20H21N5O4. The van der Waals surface area contributed by atoms with Crippen molar-refractivity contribution >= 4 is 11.8 Å². The van der Waals surface area contributed by atoms with E-state index in [4.69, 9.17) is 9.05 Å². The van der Waals surface area contributed by atoms with Crippen molar-refractivity contribution in [2.75, 3.05) is 19.6 Å². The van der Waals surface area contributed by atoms with E-state index in [0.29, 0.717) is 49.1 Å². The van der Waals surface area contributed by atoms with Crippen molar-refractivity contribution in [1.82, 2.24) is 25.1 Å². The lowest BCUT2D eigenvalue weighted by Crippen LogP contribution is -2.38. The van der Waals surface area contributed by atoms with Crippen LogP contribution in [-0.4, -0.2) is 56.5 Å². The summed E-state index contributed by atoms with van der Waals surface area (Å²) in [6, 6.07) is 10.2. The summed E-state index contributed by atoms with van der Waals surface area (Å²) < 4.78 is 10.4. The molecule has 0 radical (unpaired) electrons. The lowest BCUT2D eigenvalue weighted by Gasteiger charge is -2.27. The second-order valence-corrected chi connectivity index (χ2v) is 6.96. The number of carbonyl (C=O) groups is 2. The first kappa shape index (κ1) is 18.9. The molecule has 9 nitrogen and oxygen atoms in total. The van der Waals surface area contributed by atoms with Crippen LogP contribution >= 0.6 is 0 Å². The Morgan fingerprint density at radius 2 is 1.79 bits per heavy atom. The van der Waals surface area contributed by atoms with E-state index in [2.05, 4.69) is 15.3 Å². The van der Waals surface area contributed by atoms with Crippen LogP contribution in [0, 0.1) is 13.8 Å². The number of rotatable bonds is 3. The Kier molecular flexibility index (Phi) is 5.11. The van der Waals surface area contributed by atoms with Gasteiger partial charge in [-0.25, -0.2) is 0 Å². The van der Waals surface area contributed by atoms with Crippen LogP contribution in [-0.2, 0) is 0 Å². The predicted molar refractivity (Wildman–Crippen MR) is 101 cm³/mol. The number of benzene rings is 1. The number of hydrogen-bond donors (Lipinski definition) is 0. The summed E-state index contributed by atoms with van der Waals surface area (Å²) in [5, 5.41) is 7.68. The van der Waals surface area contributed by atoms with Gasteiger partial charge in [-0.1, -0.05) is 28.5 Å². The van der Waals surface area contributed by atoms with Gasteiger partial charge < -0.3 is 18.8 Å². The van der Waals surface area contributed by atoms with Gasteiger partial charge in [0.1, 0.15) is 11.8 Å². The van der Waals surface area contributed by atoms with E-state index in [9.17, 15) is 9.59 Å². The van der Waals surface area contributed by atoms with E-state index in [1.165, 1.54) is 0 Å². The van der Waals surface area contributed by atoms with Gasteiger partial charge in [0.15, 0.2) is 11.5 Å². The van der Waals surface area contributed by atoms with Crippen molar-refractivity contribution in [3.05, 3.63) is 65.1 Å². The molecule has 0 aliphatic carbocycles. The van der Waals surface area contributed by atoms with Gasteiger partial charge in [-0.05, 0) is 32.4 Å². The molecule has 0 bridgehead atoms. The van der Waals surface area contributed by atoms with Crippen molar-refractivity contribution < 1.29 is 18.6 Å². The molecule has 9 heteroatoms.